The van der Waals surface area contributed by atoms with Gasteiger partial charge in [-0.3, -0.25) is 37.3 Å². The van der Waals surface area contributed by atoms with Gasteiger partial charge in [0.1, 0.15) is 19.3 Å². The number of esters is 4. The van der Waals surface area contributed by atoms with Crippen LogP contribution in [0.1, 0.15) is 388 Å². The molecule has 0 bridgehead atoms. The van der Waals surface area contributed by atoms with E-state index in [0.717, 1.165) is 121 Å². The maximum absolute atomic E-state index is 13.1. The van der Waals surface area contributed by atoms with E-state index in [9.17, 15) is 43.2 Å². The van der Waals surface area contributed by atoms with E-state index in [1.165, 1.54) is 180 Å². The molecule has 17 nitrogen and oxygen atoms in total. The topological polar surface area (TPSA) is 237 Å². The molecular formula is C79H150O17P2. The Hall–Kier alpha value is -2.46. The van der Waals surface area contributed by atoms with E-state index in [2.05, 4.69) is 65.8 Å². The summed E-state index contributed by atoms with van der Waals surface area (Å²) in [7, 11) is -9.93. The minimum Gasteiger partial charge on any atom is -0.462 e. The van der Waals surface area contributed by atoms with Gasteiger partial charge in [-0.2, -0.15) is 0 Å². The number of ether oxygens (including phenoxy) is 4. The lowest BCUT2D eigenvalue weighted by Gasteiger charge is -2.21. The third kappa shape index (κ3) is 70.6. The predicted octanol–water partition coefficient (Wildman–Crippen LogP) is 23.1. The number of unbranched alkanes of at least 4 members (excludes halogenated alkanes) is 42. The number of hydrogen-bond donors (Lipinski definition) is 3. The Balaban J connectivity index is 5.25. The molecule has 0 aromatic heterocycles. The Morgan fingerprint density at radius 3 is 0.918 bits per heavy atom. The standard InChI is InChI=1S/C79H150O17P2/c1-7-10-12-14-16-18-20-22-24-25-26-27-28-30-32-34-39-43-51-57-63-78(83)95-74(67-89-76(81)61-55-49-42-38-33-31-29-23-21-19-17-15-13-11-8-2)69-93-97(85,86)91-65-73(80)66-92-98(87,88)94-70-75(68-90-77(82)62-56-50-46-45-47-53-59-71(4)5)96-79(84)64-58-52-44-40-36-35-37-41-48-54-60-72(6)9-3/h19,21,23,29,71-75,80H,7-18,20,22,24-28,30-70H2,1-6H3,(H,85,86)(H,87,88)/b21-19-,29-23-/t72?,73-,74-,75-/m1/s1. The van der Waals surface area contributed by atoms with Crippen LogP contribution in [-0.4, -0.2) is 96.7 Å². The van der Waals surface area contributed by atoms with Crippen LogP contribution >= 0.6 is 15.6 Å². The third-order valence-electron chi connectivity index (χ3n) is 18.2. The summed E-state index contributed by atoms with van der Waals surface area (Å²) in [4.78, 5) is 72.9. The second kappa shape index (κ2) is 70.2. The largest absolute Gasteiger partial charge is 0.472 e. The molecule has 578 valence electrons. The van der Waals surface area contributed by atoms with Crippen LogP contribution in [0.15, 0.2) is 24.3 Å². The fourth-order valence-corrected chi connectivity index (χ4v) is 13.2. The number of rotatable bonds is 76. The lowest BCUT2D eigenvalue weighted by atomic mass is 9.99. The Morgan fingerprint density at radius 1 is 0.337 bits per heavy atom. The van der Waals surface area contributed by atoms with Gasteiger partial charge in [0.15, 0.2) is 12.2 Å². The van der Waals surface area contributed by atoms with Crippen LogP contribution in [0, 0.1) is 11.8 Å². The molecule has 0 spiro atoms. The molecule has 0 aliphatic heterocycles. The molecule has 0 saturated heterocycles. The molecule has 0 fully saturated rings. The summed E-state index contributed by atoms with van der Waals surface area (Å²) in [6, 6.07) is 0. The van der Waals surface area contributed by atoms with E-state index in [0.29, 0.717) is 31.6 Å². The molecule has 0 aliphatic carbocycles. The van der Waals surface area contributed by atoms with Crippen molar-refractivity contribution in [3.8, 4) is 0 Å². The zero-order valence-corrected chi connectivity index (χ0v) is 65.4. The molecule has 3 unspecified atom stereocenters. The molecule has 0 rings (SSSR count). The molecule has 0 aromatic rings. The molecule has 0 aliphatic rings. The first-order chi connectivity index (χ1) is 47.4. The highest BCUT2D eigenvalue weighted by molar-refractivity contribution is 7.47. The highest BCUT2D eigenvalue weighted by atomic mass is 31.2. The molecule has 6 atom stereocenters. The van der Waals surface area contributed by atoms with Gasteiger partial charge >= 0.3 is 39.5 Å². The van der Waals surface area contributed by atoms with Gasteiger partial charge in [0.25, 0.3) is 0 Å². The van der Waals surface area contributed by atoms with Gasteiger partial charge in [-0.05, 0) is 63.2 Å². The first-order valence-corrected chi connectivity index (χ1v) is 43.3. The van der Waals surface area contributed by atoms with Crippen molar-refractivity contribution < 1.29 is 80.2 Å². The third-order valence-corrected chi connectivity index (χ3v) is 20.1. The smallest absolute Gasteiger partial charge is 0.462 e. The van der Waals surface area contributed by atoms with E-state index in [4.69, 9.17) is 37.0 Å². The average molecular weight is 1430 g/mol. The van der Waals surface area contributed by atoms with Crippen LogP contribution in [0.5, 0.6) is 0 Å². The lowest BCUT2D eigenvalue weighted by molar-refractivity contribution is -0.161. The van der Waals surface area contributed by atoms with E-state index >= 15 is 0 Å². The van der Waals surface area contributed by atoms with Crippen molar-refractivity contribution in [1.29, 1.82) is 0 Å². The Kier molecular flexibility index (Phi) is 68.5. The summed E-state index contributed by atoms with van der Waals surface area (Å²) >= 11 is 0. The number of carbonyl (C=O) groups is 4. The van der Waals surface area contributed by atoms with Crippen LogP contribution in [0.3, 0.4) is 0 Å². The summed E-state index contributed by atoms with van der Waals surface area (Å²) in [6.45, 7) is 9.49. The highest BCUT2D eigenvalue weighted by Gasteiger charge is 2.30. The van der Waals surface area contributed by atoms with Crippen LogP contribution < -0.4 is 0 Å². The fraction of sp³-hybridized carbons (Fsp3) is 0.899. The first kappa shape index (κ1) is 95.5. The summed E-state index contributed by atoms with van der Waals surface area (Å²) in [5.74, 6) is -0.666. The maximum Gasteiger partial charge on any atom is 0.472 e. The van der Waals surface area contributed by atoms with Gasteiger partial charge in [-0.25, -0.2) is 9.13 Å². The predicted molar refractivity (Wildman–Crippen MR) is 400 cm³/mol. The maximum atomic E-state index is 13.1. The van der Waals surface area contributed by atoms with E-state index < -0.39 is 97.5 Å². The fourth-order valence-electron chi connectivity index (χ4n) is 11.6. The van der Waals surface area contributed by atoms with E-state index in [1.807, 2.05) is 0 Å². The van der Waals surface area contributed by atoms with Crippen LogP contribution in [-0.2, 0) is 65.4 Å². The number of aliphatic hydroxyl groups excluding tert-OH is 1. The molecular weight excluding hydrogens is 1280 g/mol. The minimum atomic E-state index is -4.97. The number of carbonyl (C=O) groups excluding carboxylic acids is 4. The SMILES string of the molecule is CCCCCC/C=C\C=C/CCCCCCCC(=O)OC[C@H](COP(=O)(O)OC[C@@H](O)COP(=O)(O)OC[C@@H](COC(=O)CCCCCCCCC(C)C)OC(=O)CCCCCCCCCCCCC(C)CC)OC(=O)CCCCCCCCCCCCCCCCCCCCCC. The molecule has 0 radical (unpaired) electrons. The number of allylic oxidation sites excluding steroid dienone is 4. The van der Waals surface area contributed by atoms with Crippen molar-refractivity contribution in [1.82, 2.24) is 0 Å². The van der Waals surface area contributed by atoms with Gasteiger partial charge in [0.2, 0.25) is 0 Å². The number of hydrogen-bond acceptors (Lipinski definition) is 15. The quantitative estimate of drug-likeness (QED) is 0.0169. The lowest BCUT2D eigenvalue weighted by Crippen LogP contribution is -2.30. The van der Waals surface area contributed by atoms with Gasteiger partial charge in [0.05, 0.1) is 26.4 Å². The van der Waals surface area contributed by atoms with Crippen molar-refractivity contribution in [2.75, 3.05) is 39.6 Å². The zero-order chi connectivity index (χ0) is 72.1. The van der Waals surface area contributed by atoms with Gasteiger partial charge < -0.3 is 33.8 Å². The van der Waals surface area contributed by atoms with E-state index in [1.54, 1.807) is 0 Å². The van der Waals surface area contributed by atoms with Gasteiger partial charge in [-0.15, -0.1) is 0 Å². The number of phosphoric ester groups is 2. The second-order valence-electron chi connectivity index (χ2n) is 28.5. The van der Waals surface area contributed by atoms with Gasteiger partial charge in [0, 0.05) is 25.7 Å². The van der Waals surface area contributed by atoms with Crippen molar-refractivity contribution >= 4 is 39.5 Å². The molecule has 0 saturated carbocycles. The molecule has 3 N–H and O–H groups in total. The normalized spacial score (nSPS) is 14.4. The second-order valence-corrected chi connectivity index (χ2v) is 31.4. The summed E-state index contributed by atoms with van der Waals surface area (Å²) in [5, 5.41) is 10.6. The Bertz CT molecular complexity index is 1990. The Labute approximate surface area is 599 Å². The van der Waals surface area contributed by atoms with Crippen LogP contribution in [0.25, 0.3) is 0 Å². The summed E-state index contributed by atoms with van der Waals surface area (Å²) in [5.41, 5.74) is 0. The minimum absolute atomic E-state index is 0.102. The van der Waals surface area contributed by atoms with Crippen molar-refractivity contribution in [2.45, 2.75) is 407 Å². The summed E-state index contributed by atoms with van der Waals surface area (Å²) < 4.78 is 68.5. The van der Waals surface area contributed by atoms with Crippen molar-refractivity contribution in [3.63, 3.8) is 0 Å². The average Bonchev–Trinajstić information content (AvgIpc) is 0.999. The molecule has 0 heterocycles. The summed E-state index contributed by atoms with van der Waals surface area (Å²) in [6.07, 6.45) is 62.0. The van der Waals surface area contributed by atoms with E-state index in [-0.39, 0.29) is 25.7 Å². The van der Waals surface area contributed by atoms with Crippen LogP contribution in [0.2, 0.25) is 0 Å². The highest BCUT2D eigenvalue weighted by Crippen LogP contribution is 2.45. The first-order valence-electron chi connectivity index (χ1n) is 40.3. The monoisotopic (exact) mass is 1430 g/mol. The van der Waals surface area contributed by atoms with Gasteiger partial charge in [-0.1, -0.05) is 336 Å². The van der Waals surface area contributed by atoms with Crippen molar-refractivity contribution in [3.05, 3.63) is 24.3 Å². The molecule has 98 heavy (non-hydrogen) atoms. The van der Waals surface area contributed by atoms with Crippen molar-refractivity contribution in [2.24, 2.45) is 11.8 Å². The van der Waals surface area contributed by atoms with Crippen LogP contribution in [0.4, 0.5) is 0 Å². The zero-order valence-electron chi connectivity index (χ0n) is 63.6. The molecule has 0 aromatic carbocycles. The Morgan fingerprint density at radius 2 is 0.602 bits per heavy atom. The number of phosphoric acid groups is 2. The molecule has 0 amide bonds. The molecule has 19 heteroatoms. The number of aliphatic hydroxyl groups is 1.